The molecule has 0 aromatic carbocycles. The van der Waals surface area contributed by atoms with E-state index in [9.17, 15) is 4.79 Å². The second-order valence-electron chi connectivity index (χ2n) is 4.83. The van der Waals surface area contributed by atoms with Crippen molar-refractivity contribution < 1.29 is 13.6 Å². The Morgan fingerprint density at radius 1 is 1.35 bits per heavy atom. The molecule has 2 aromatic rings. The Hall–Kier alpha value is -2.05. The lowest BCUT2D eigenvalue weighted by atomic mass is 10.2. The van der Waals surface area contributed by atoms with E-state index in [4.69, 9.17) is 14.7 Å². The Kier molecular flexibility index (Phi) is 4.26. The average molecular weight is 277 g/mol. The van der Waals surface area contributed by atoms with Crippen molar-refractivity contribution in [1.82, 2.24) is 10.3 Å². The topological polar surface area (TPSA) is 84.6 Å². The van der Waals surface area contributed by atoms with Crippen LogP contribution in [0.15, 0.2) is 27.2 Å². The fourth-order valence-corrected chi connectivity index (χ4v) is 2.11. The number of hydrazine groups is 1. The van der Waals surface area contributed by atoms with Crippen LogP contribution < -0.4 is 11.3 Å². The monoisotopic (exact) mass is 277 g/mol. The van der Waals surface area contributed by atoms with Crippen molar-refractivity contribution in [2.45, 2.75) is 26.9 Å². The molecule has 0 aliphatic carbocycles. The van der Waals surface area contributed by atoms with Gasteiger partial charge in [-0.25, -0.2) is 5.84 Å². The van der Waals surface area contributed by atoms with Crippen molar-refractivity contribution in [2.24, 2.45) is 5.84 Å². The Labute approximate surface area is 117 Å². The molecule has 0 aliphatic rings. The molecule has 6 heteroatoms. The fourth-order valence-electron chi connectivity index (χ4n) is 2.11. The van der Waals surface area contributed by atoms with E-state index in [2.05, 4.69) is 10.3 Å². The highest BCUT2D eigenvalue weighted by molar-refractivity contribution is 5.94. The standard InChI is InChI=1S/C14H19N3O3/c1-9-11(4-5-19-9)7-17(3)8-12-6-13(10(2)20-12)14(18)16-15/h4-6H,7-8,15H2,1-3H3,(H,16,18). The zero-order valence-corrected chi connectivity index (χ0v) is 11.9. The lowest BCUT2D eigenvalue weighted by Gasteiger charge is -2.14. The largest absolute Gasteiger partial charge is 0.469 e. The maximum atomic E-state index is 11.5. The molecule has 0 fully saturated rings. The smallest absolute Gasteiger partial charge is 0.268 e. The van der Waals surface area contributed by atoms with E-state index >= 15 is 0 Å². The molecule has 0 aliphatic heterocycles. The van der Waals surface area contributed by atoms with Crippen LogP contribution in [0.4, 0.5) is 0 Å². The molecule has 0 saturated heterocycles. The average Bonchev–Trinajstić information content (AvgIpc) is 2.95. The van der Waals surface area contributed by atoms with Crippen molar-refractivity contribution in [3.05, 3.63) is 46.8 Å². The van der Waals surface area contributed by atoms with Crippen molar-refractivity contribution in [3.63, 3.8) is 0 Å². The highest BCUT2D eigenvalue weighted by Crippen LogP contribution is 2.17. The molecule has 108 valence electrons. The lowest BCUT2D eigenvalue weighted by Crippen LogP contribution is -2.30. The second kappa shape index (κ2) is 5.94. The van der Waals surface area contributed by atoms with Crippen LogP contribution in [0.1, 0.15) is 33.2 Å². The van der Waals surface area contributed by atoms with Crippen molar-refractivity contribution in [3.8, 4) is 0 Å². The third-order valence-electron chi connectivity index (χ3n) is 3.18. The summed E-state index contributed by atoms with van der Waals surface area (Å²) >= 11 is 0. The van der Waals surface area contributed by atoms with Gasteiger partial charge in [0.1, 0.15) is 17.3 Å². The van der Waals surface area contributed by atoms with Gasteiger partial charge in [0.2, 0.25) is 0 Å². The molecule has 2 heterocycles. The van der Waals surface area contributed by atoms with Crippen molar-refractivity contribution in [2.75, 3.05) is 7.05 Å². The molecular weight excluding hydrogens is 258 g/mol. The number of nitrogens with one attached hydrogen (secondary N) is 1. The molecular formula is C14H19N3O3. The Morgan fingerprint density at radius 2 is 2.10 bits per heavy atom. The minimum Gasteiger partial charge on any atom is -0.469 e. The van der Waals surface area contributed by atoms with E-state index in [0.29, 0.717) is 17.9 Å². The minimum atomic E-state index is -0.342. The molecule has 0 unspecified atom stereocenters. The Balaban J connectivity index is 2.03. The van der Waals surface area contributed by atoms with E-state index in [0.717, 1.165) is 23.6 Å². The number of nitrogen functional groups attached to an aromatic ring is 1. The van der Waals surface area contributed by atoms with Crippen LogP contribution >= 0.6 is 0 Å². The number of aryl methyl sites for hydroxylation is 2. The van der Waals surface area contributed by atoms with Crippen LogP contribution in [0.2, 0.25) is 0 Å². The van der Waals surface area contributed by atoms with E-state index in [1.165, 1.54) is 0 Å². The van der Waals surface area contributed by atoms with Crippen LogP contribution in [0.5, 0.6) is 0 Å². The molecule has 0 saturated carbocycles. The molecule has 1 amide bonds. The van der Waals surface area contributed by atoms with Crippen LogP contribution in [0.25, 0.3) is 0 Å². The summed E-state index contributed by atoms with van der Waals surface area (Å²) in [6, 6.07) is 3.67. The van der Waals surface area contributed by atoms with E-state index in [1.54, 1.807) is 19.3 Å². The van der Waals surface area contributed by atoms with Gasteiger partial charge in [0.25, 0.3) is 5.91 Å². The molecule has 6 nitrogen and oxygen atoms in total. The molecule has 2 aromatic heterocycles. The summed E-state index contributed by atoms with van der Waals surface area (Å²) in [5, 5.41) is 0. The number of nitrogens with two attached hydrogens (primary N) is 1. The first-order valence-corrected chi connectivity index (χ1v) is 6.33. The maximum Gasteiger partial charge on any atom is 0.268 e. The number of nitrogens with zero attached hydrogens (tertiary/aromatic N) is 1. The van der Waals surface area contributed by atoms with Gasteiger partial charge >= 0.3 is 0 Å². The highest BCUT2D eigenvalue weighted by Gasteiger charge is 2.15. The van der Waals surface area contributed by atoms with Gasteiger partial charge in [-0.3, -0.25) is 15.1 Å². The third kappa shape index (κ3) is 3.09. The van der Waals surface area contributed by atoms with Crippen LogP contribution in [-0.4, -0.2) is 17.9 Å². The first-order valence-electron chi connectivity index (χ1n) is 6.33. The predicted molar refractivity (Wildman–Crippen MR) is 73.7 cm³/mol. The third-order valence-corrected chi connectivity index (χ3v) is 3.18. The Bertz CT molecular complexity index is 601. The second-order valence-corrected chi connectivity index (χ2v) is 4.83. The SMILES string of the molecule is Cc1occc1CN(C)Cc1cc(C(=O)NN)c(C)o1. The first-order chi connectivity index (χ1) is 9.51. The Morgan fingerprint density at radius 3 is 2.70 bits per heavy atom. The van der Waals surface area contributed by atoms with E-state index in [-0.39, 0.29) is 5.91 Å². The summed E-state index contributed by atoms with van der Waals surface area (Å²) in [7, 11) is 1.98. The number of rotatable bonds is 5. The molecule has 0 bridgehead atoms. The molecule has 2 rings (SSSR count). The van der Waals surface area contributed by atoms with Crippen LogP contribution in [-0.2, 0) is 13.1 Å². The van der Waals surface area contributed by atoms with Crippen molar-refractivity contribution >= 4 is 5.91 Å². The van der Waals surface area contributed by atoms with Gasteiger partial charge in [-0.15, -0.1) is 0 Å². The predicted octanol–water partition coefficient (Wildman–Crippen LogP) is 1.72. The minimum absolute atomic E-state index is 0.342. The summed E-state index contributed by atoms with van der Waals surface area (Å²) in [6.07, 6.45) is 1.68. The molecule has 0 radical (unpaired) electrons. The van der Waals surface area contributed by atoms with Gasteiger partial charge in [0.05, 0.1) is 18.4 Å². The van der Waals surface area contributed by atoms with Gasteiger partial charge in [-0.05, 0) is 33.0 Å². The van der Waals surface area contributed by atoms with E-state index < -0.39 is 0 Å². The maximum absolute atomic E-state index is 11.5. The molecule has 20 heavy (non-hydrogen) atoms. The van der Waals surface area contributed by atoms with Gasteiger partial charge < -0.3 is 8.83 Å². The fraction of sp³-hybridized carbons (Fsp3) is 0.357. The molecule has 0 spiro atoms. The first kappa shape index (κ1) is 14.4. The molecule has 3 N–H and O–H groups in total. The van der Waals surface area contributed by atoms with E-state index in [1.807, 2.05) is 20.0 Å². The number of carbonyl (C=O) groups excluding carboxylic acids is 1. The normalized spacial score (nSPS) is 11.1. The quantitative estimate of drug-likeness (QED) is 0.494. The van der Waals surface area contributed by atoms with Crippen LogP contribution in [0.3, 0.4) is 0 Å². The summed E-state index contributed by atoms with van der Waals surface area (Å²) in [6.45, 7) is 5.03. The zero-order valence-electron chi connectivity index (χ0n) is 11.9. The van der Waals surface area contributed by atoms with Crippen LogP contribution in [0, 0.1) is 13.8 Å². The van der Waals surface area contributed by atoms with Gasteiger partial charge in [-0.1, -0.05) is 0 Å². The summed E-state index contributed by atoms with van der Waals surface area (Å²) < 4.78 is 10.8. The summed E-state index contributed by atoms with van der Waals surface area (Å²) in [4.78, 5) is 13.6. The van der Waals surface area contributed by atoms with Crippen molar-refractivity contribution in [1.29, 1.82) is 0 Å². The number of hydrogen-bond acceptors (Lipinski definition) is 5. The number of furan rings is 2. The lowest BCUT2D eigenvalue weighted by molar-refractivity contribution is 0.0952. The summed E-state index contributed by atoms with van der Waals surface area (Å²) in [5.74, 6) is 6.99. The van der Waals surface area contributed by atoms with Gasteiger partial charge in [0.15, 0.2) is 0 Å². The number of carbonyl (C=O) groups is 1. The number of amides is 1. The molecule has 0 atom stereocenters. The highest BCUT2D eigenvalue weighted by atomic mass is 16.3. The zero-order chi connectivity index (χ0) is 14.7. The summed E-state index contributed by atoms with van der Waals surface area (Å²) in [5.41, 5.74) is 3.71. The van der Waals surface area contributed by atoms with Gasteiger partial charge in [-0.2, -0.15) is 0 Å². The number of hydrogen-bond donors (Lipinski definition) is 2. The van der Waals surface area contributed by atoms with Gasteiger partial charge in [0, 0.05) is 12.1 Å².